The molecule has 88 valence electrons. The number of aromatic carboxylic acids is 1. The van der Waals surface area contributed by atoms with Gasteiger partial charge in [0.25, 0.3) is 5.91 Å². The molecule has 0 fully saturated rings. The van der Waals surface area contributed by atoms with E-state index in [-0.39, 0.29) is 17.7 Å². The molecular formula is C13H13NO3. The lowest BCUT2D eigenvalue weighted by Crippen LogP contribution is -2.27. The van der Waals surface area contributed by atoms with Crippen LogP contribution < -0.4 is 5.32 Å². The highest BCUT2D eigenvalue weighted by Crippen LogP contribution is 2.18. The van der Waals surface area contributed by atoms with Crippen LogP contribution in [0.2, 0.25) is 0 Å². The summed E-state index contributed by atoms with van der Waals surface area (Å²) in [4.78, 5) is 23.0. The van der Waals surface area contributed by atoms with Crippen LogP contribution in [0.15, 0.2) is 12.1 Å². The van der Waals surface area contributed by atoms with Crippen molar-refractivity contribution in [2.24, 2.45) is 0 Å². The quantitative estimate of drug-likeness (QED) is 0.772. The Morgan fingerprint density at radius 1 is 1.29 bits per heavy atom. The molecule has 0 saturated carbocycles. The van der Waals surface area contributed by atoms with E-state index in [2.05, 4.69) is 11.2 Å². The molecule has 0 aromatic heterocycles. The maximum atomic E-state index is 11.8. The number of carbonyl (C=O) groups is 2. The molecule has 0 unspecified atom stereocenters. The number of terminal acetylenes is 1. The van der Waals surface area contributed by atoms with E-state index < -0.39 is 11.9 Å². The summed E-state index contributed by atoms with van der Waals surface area (Å²) >= 11 is 0. The maximum Gasteiger partial charge on any atom is 0.336 e. The molecular weight excluding hydrogens is 218 g/mol. The predicted molar refractivity (Wildman–Crippen MR) is 64.0 cm³/mol. The summed E-state index contributed by atoms with van der Waals surface area (Å²) < 4.78 is 0. The van der Waals surface area contributed by atoms with Crippen molar-refractivity contribution < 1.29 is 14.7 Å². The third kappa shape index (κ3) is 2.64. The van der Waals surface area contributed by atoms with Gasteiger partial charge in [-0.3, -0.25) is 4.79 Å². The molecule has 0 spiro atoms. The number of carboxylic acid groups (broad SMARTS) is 1. The SMILES string of the molecule is C#CCNC(=O)c1c(C)ccc(C)c1C(=O)O. The standard InChI is InChI=1S/C13H13NO3/c1-4-7-14-12(15)10-8(2)5-6-9(3)11(10)13(16)17/h1,5-6H,7H2,2-3H3,(H,14,15)(H,16,17). The van der Waals surface area contributed by atoms with Gasteiger partial charge in [-0.1, -0.05) is 18.1 Å². The normalized spacial score (nSPS) is 9.47. The van der Waals surface area contributed by atoms with Gasteiger partial charge in [-0.05, 0) is 25.0 Å². The minimum Gasteiger partial charge on any atom is -0.478 e. The first-order chi connectivity index (χ1) is 7.99. The van der Waals surface area contributed by atoms with Crippen LogP contribution >= 0.6 is 0 Å². The average molecular weight is 231 g/mol. The Hall–Kier alpha value is -2.28. The molecule has 4 nitrogen and oxygen atoms in total. The highest BCUT2D eigenvalue weighted by Gasteiger charge is 2.20. The summed E-state index contributed by atoms with van der Waals surface area (Å²) in [5, 5.41) is 11.6. The number of amides is 1. The minimum atomic E-state index is -1.11. The van der Waals surface area contributed by atoms with Crippen LogP contribution in [0.3, 0.4) is 0 Å². The van der Waals surface area contributed by atoms with E-state index in [9.17, 15) is 9.59 Å². The van der Waals surface area contributed by atoms with Crippen molar-refractivity contribution in [1.82, 2.24) is 5.32 Å². The highest BCUT2D eigenvalue weighted by molar-refractivity contribution is 6.06. The third-order valence-electron chi connectivity index (χ3n) is 2.41. The topological polar surface area (TPSA) is 66.4 Å². The van der Waals surface area contributed by atoms with Gasteiger partial charge in [0.1, 0.15) is 0 Å². The Balaban J connectivity index is 3.31. The van der Waals surface area contributed by atoms with Crippen LogP contribution in [0.4, 0.5) is 0 Å². The molecule has 1 aromatic rings. The molecule has 0 aliphatic rings. The van der Waals surface area contributed by atoms with Gasteiger partial charge >= 0.3 is 5.97 Å². The Bertz CT molecular complexity index is 512. The van der Waals surface area contributed by atoms with Gasteiger partial charge in [0.15, 0.2) is 0 Å². The summed E-state index contributed by atoms with van der Waals surface area (Å²) in [6, 6.07) is 3.39. The molecule has 0 saturated heterocycles. The Labute approximate surface area is 99.7 Å². The fourth-order valence-corrected chi connectivity index (χ4v) is 1.60. The zero-order valence-corrected chi connectivity index (χ0v) is 9.70. The number of carbonyl (C=O) groups excluding carboxylic acids is 1. The van der Waals surface area contributed by atoms with Gasteiger partial charge in [0.05, 0.1) is 17.7 Å². The predicted octanol–water partition coefficient (Wildman–Crippen LogP) is 1.36. The van der Waals surface area contributed by atoms with Crippen molar-refractivity contribution in [3.63, 3.8) is 0 Å². The van der Waals surface area contributed by atoms with Crippen molar-refractivity contribution in [3.05, 3.63) is 34.4 Å². The summed E-state index contributed by atoms with van der Waals surface area (Å²) in [7, 11) is 0. The number of aryl methyl sites for hydroxylation is 2. The van der Waals surface area contributed by atoms with E-state index in [1.165, 1.54) is 0 Å². The van der Waals surface area contributed by atoms with E-state index in [1.54, 1.807) is 26.0 Å². The highest BCUT2D eigenvalue weighted by atomic mass is 16.4. The zero-order valence-electron chi connectivity index (χ0n) is 9.70. The summed E-state index contributed by atoms with van der Waals surface area (Å²) in [6.45, 7) is 3.42. The van der Waals surface area contributed by atoms with Crippen molar-refractivity contribution >= 4 is 11.9 Å². The fourth-order valence-electron chi connectivity index (χ4n) is 1.60. The van der Waals surface area contributed by atoms with Crippen LogP contribution in [0.25, 0.3) is 0 Å². The van der Waals surface area contributed by atoms with Crippen molar-refractivity contribution in [2.75, 3.05) is 6.54 Å². The average Bonchev–Trinajstić information content (AvgIpc) is 2.28. The van der Waals surface area contributed by atoms with E-state index in [0.717, 1.165) is 0 Å². The van der Waals surface area contributed by atoms with E-state index in [4.69, 9.17) is 11.5 Å². The first-order valence-electron chi connectivity index (χ1n) is 5.04. The first-order valence-corrected chi connectivity index (χ1v) is 5.04. The van der Waals surface area contributed by atoms with Gasteiger partial charge in [0.2, 0.25) is 0 Å². The van der Waals surface area contributed by atoms with Crippen LogP contribution in [0.5, 0.6) is 0 Å². The van der Waals surface area contributed by atoms with E-state index >= 15 is 0 Å². The smallest absolute Gasteiger partial charge is 0.336 e. The molecule has 2 N–H and O–H groups in total. The molecule has 0 atom stereocenters. The van der Waals surface area contributed by atoms with Crippen molar-refractivity contribution in [3.8, 4) is 12.3 Å². The Morgan fingerprint density at radius 2 is 1.82 bits per heavy atom. The second-order valence-corrected chi connectivity index (χ2v) is 3.64. The molecule has 4 heteroatoms. The van der Waals surface area contributed by atoms with Crippen molar-refractivity contribution in [1.29, 1.82) is 0 Å². The van der Waals surface area contributed by atoms with Gasteiger partial charge < -0.3 is 10.4 Å². The summed E-state index contributed by atoms with van der Waals surface area (Å²) in [5.74, 6) is 0.701. The molecule has 1 amide bonds. The number of rotatable bonds is 3. The molecule has 0 heterocycles. The second kappa shape index (κ2) is 5.17. The van der Waals surface area contributed by atoms with Crippen LogP contribution in [-0.2, 0) is 0 Å². The molecule has 17 heavy (non-hydrogen) atoms. The van der Waals surface area contributed by atoms with Crippen LogP contribution in [0.1, 0.15) is 31.8 Å². The zero-order chi connectivity index (χ0) is 13.0. The van der Waals surface area contributed by atoms with Gasteiger partial charge in [-0.2, -0.15) is 0 Å². The maximum absolute atomic E-state index is 11.8. The van der Waals surface area contributed by atoms with Gasteiger partial charge in [0, 0.05) is 0 Å². The van der Waals surface area contributed by atoms with Gasteiger partial charge in [-0.25, -0.2) is 4.79 Å². The minimum absolute atomic E-state index is 0.0273. The number of benzene rings is 1. The molecule has 0 aliphatic carbocycles. The fraction of sp³-hybridized carbons (Fsp3) is 0.231. The molecule has 0 aliphatic heterocycles. The second-order valence-electron chi connectivity index (χ2n) is 3.64. The van der Waals surface area contributed by atoms with Crippen LogP contribution in [0, 0.1) is 26.2 Å². The van der Waals surface area contributed by atoms with E-state index in [0.29, 0.717) is 11.1 Å². The summed E-state index contributed by atoms with van der Waals surface area (Å²) in [6.07, 6.45) is 5.04. The lowest BCUT2D eigenvalue weighted by Gasteiger charge is -2.11. The molecule has 0 radical (unpaired) electrons. The number of hydrogen-bond acceptors (Lipinski definition) is 2. The number of carboxylic acids is 1. The molecule has 1 rings (SSSR count). The lowest BCUT2D eigenvalue weighted by atomic mass is 9.96. The van der Waals surface area contributed by atoms with Gasteiger partial charge in [-0.15, -0.1) is 6.42 Å². The largest absolute Gasteiger partial charge is 0.478 e. The number of hydrogen-bond donors (Lipinski definition) is 2. The molecule has 0 bridgehead atoms. The van der Waals surface area contributed by atoms with Crippen LogP contribution in [-0.4, -0.2) is 23.5 Å². The Kier molecular flexibility index (Phi) is 3.89. The Morgan fingerprint density at radius 3 is 2.29 bits per heavy atom. The number of nitrogens with one attached hydrogen (secondary N) is 1. The lowest BCUT2D eigenvalue weighted by molar-refractivity contribution is 0.0690. The monoisotopic (exact) mass is 231 g/mol. The molecule has 1 aromatic carbocycles. The third-order valence-corrected chi connectivity index (χ3v) is 2.41. The first kappa shape index (κ1) is 12.8. The van der Waals surface area contributed by atoms with E-state index in [1.807, 2.05) is 0 Å². The van der Waals surface area contributed by atoms with Crippen molar-refractivity contribution in [2.45, 2.75) is 13.8 Å². The summed E-state index contributed by atoms with van der Waals surface area (Å²) in [5.41, 5.74) is 1.36.